The van der Waals surface area contributed by atoms with Crippen molar-refractivity contribution in [1.29, 1.82) is 0 Å². The fourth-order valence-corrected chi connectivity index (χ4v) is 3.12. The van der Waals surface area contributed by atoms with E-state index in [1.165, 1.54) is 0 Å². The molecular formula is C21H16N4O. The number of fused-ring (bicyclic) bond motifs is 1. The second-order valence-corrected chi connectivity index (χ2v) is 6.18. The first-order valence-electron chi connectivity index (χ1n) is 8.55. The highest BCUT2D eigenvalue weighted by molar-refractivity contribution is 5.94. The Morgan fingerprint density at radius 2 is 1.62 bits per heavy atom. The Balaban J connectivity index is 1.48. The lowest BCUT2D eigenvalue weighted by atomic mass is 10.1. The Kier molecular flexibility index (Phi) is 3.49. The zero-order valence-electron chi connectivity index (χ0n) is 14.0. The van der Waals surface area contributed by atoms with Gasteiger partial charge in [0.2, 0.25) is 5.90 Å². The maximum atomic E-state index is 5.81. The molecule has 0 fully saturated rings. The normalized spacial score (nSPS) is 16.5. The molecule has 0 bridgehead atoms. The summed E-state index contributed by atoms with van der Waals surface area (Å²) in [6.45, 7) is 0.538. The first-order valence-corrected chi connectivity index (χ1v) is 8.55. The van der Waals surface area contributed by atoms with Crippen LogP contribution in [-0.2, 0) is 4.74 Å². The fourth-order valence-electron chi connectivity index (χ4n) is 3.12. The molecule has 26 heavy (non-hydrogen) atoms. The highest BCUT2D eigenvalue weighted by Crippen LogP contribution is 2.25. The van der Waals surface area contributed by atoms with E-state index in [2.05, 4.69) is 22.1 Å². The average molecular weight is 340 g/mol. The number of imidazole rings is 1. The lowest BCUT2D eigenvalue weighted by Crippen LogP contribution is -2.04. The number of ether oxygens (including phenoxy) is 1. The lowest BCUT2D eigenvalue weighted by molar-refractivity contribution is 0.319. The molecule has 0 saturated heterocycles. The molecule has 1 aliphatic heterocycles. The number of aromatic amines is 1. The van der Waals surface area contributed by atoms with Gasteiger partial charge < -0.3 is 9.72 Å². The Hall–Kier alpha value is -3.47. The number of rotatable bonds is 3. The van der Waals surface area contributed by atoms with Gasteiger partial charge in [-0.15, -0.1) is 0 Å². The predicted molar refractivity (Wildman–Crippen MR) is 101 cm³/mol. The van der Waals surface area contributed by atoms with E-state index >= 15 is 0 Å². The summed E-state index contributed by atoms with van der Waals surface area (Å²) < 4.78 is 5.81. The van der Waals surface area contributed by atoms with Gasteiger partial charge in [-0.25, -0.2) is 15.0 Å². The van der Waals surface area contributed by atoms with Gasteiger partial charge in [-0.05, 0) is 29.8 Å². The Labute approximate surface area is 150 Å². The van der Waals surface area contributed by atoms with E-state index < -0.39 is 0 Å². The highest BCUT2D eigenvalue weighted by atomic mass is 16.5. The monoisotopic (exact) mass is 340 g/mol. The number of nitrogens with one attached hydrogen (secondary N) is 1. The van der Waals surface area contributed by atoms with E-state index in [0.29, 0.717) is 12.5 Å². The molecule has 0 unspecified atom stereocenters. The number of aliphatic imine (C=N–C) groups is 1. The summed E-state index contributed by atoms with van der Waals surface area (Å²) in [4.78, 5) is 17.3. The van der Waals surface area contributed by atoms with Crippen molar-refractivity contribution in [3.05, 3.63) is 84.1 Å². The van der Waals surface area contributed by atoms with E-state index in [9.17, 15) is 0 Å². The van der Waals surface area contributed by atoms with E-state index in [0.717, 1.165) is 33.8 Å². The molecule has 1 atom stereocenters. The second kappa shape index (κ2) is 6.11. The Bertz CT molecular complexity index is 1070. The first-order chi connectivity index (χ1) is 12.9. The molecule has 5 nitrogen and oxygen atoms in total. The molecule has 126 valence electrons. The van der Waals surface area contributed by atoms with Crippen molar-refractivity contribution < 1.29 is 4.74 Å². The van der Waals surface area contributed by atoms with Crippen molar-refractivity contribution >= 4 is 16.9 Å². The topological polar surface area (TPSA) is 63.2 Å². The third-order valence-corrected chi connectivity index (χ3v) is 4.44. The van der Waals surface area contributed by atoms with Gasteiger partial charge in [0.05, 0.1) is 11.0 Å². The number of hydrogen-bond donors (Lipinski definition) is 1. The van der Waals surface area contributed by atoms with Crippen LogP contribution in [0.4, 0.5) is 0 Å². The molecule has 2 aromatic carbocycles. The van der Waals surface area contributed by atoms with Crippen LogP contribution in [0.15, 0.2) is 77.8 Å². The van der Waals surface area contributed by atoms with Crippen LogP contribution in [0.25, 0.3) is 22.6 Å². The van der Waals surface area contributed by atoms with Crippen molar-refractivity contribution in [2.45, 2.75) is 6.04 Å². The van der Waals surface area contributed by atoms with Gasteiger partial charge in [-0.2, -0.15) is 0 Å². The average Bonchev–Trinajstić information content (AvgIpc) is 3.36. The number of hydrogen-bond acceptors (Lipinski definition) is 4. The minimum Gasteiger partial charge on any atom is -0.474 e. The van der Waals surface area contributed by atoms with Crippen LogP contribution in [-0.4, -0.2) is 27.5 Å². The van der Waals surface area contributed by atoms with Crippen molar-refractivity contribution in [3.8, 4) is 11.5 Å². The van der Waals surface area contributed by atoms with Gasteiger partial charge >= 0.3 is 0 Å². The largest absolute Gasteiger partial charge is 0.474 e. The van der Waals surface area contributed by atoms with E-state index in [-0.39, 0.29) is 6.04 Å². The van der Waals surface area contributed by atoms with Crippen LogP contribution in [0.3, 0.4) is 0 Å². The maximum Gasteiger partial charge on any atom is 0.236 e. The number of para-hydroxylation sites is 2. The highest BCUT2D eigenvalue weighted by Gasteiger charge is 2.22. The van der Waals surface area contributed by atoms with Gasteiger partial charge in [-0.1, -0.05) is 48.5 Å². The summed E-state index contributed by atoms with van der Waals surface area (Å²) in [6.07, 6.45) is 0. The summed E-state index contributed by atoms with van der Waals surface area (Å²) in [5.74, 6) is 1.32. The molecule has 0 saturated carbocycles. The number of pyridine rings is 1. The Morgan fingerprint density at radius 3 is 2.50 bits per heavy atom. The third-order valence-electron chi connectivity index (χ3n) is 4.44. The fraction of sp³-hybridized carbons (Fsp3) is 0.0952. The molecule has 3 heterocycles. The van der Waals surface area contributed by atoms with Crippen LogP contribution in [0.5, 0.6) is 0 Å². The molecule has 5 heteroatoms. The summed E-state index contributed by atoms with van der Waals surface area (Å²) in [7, 11) is 0. The van der Waals surface area contributed by atoms with E-state index in [1.807, 2.05) is 60.7 Å². The van der Waals surface area contributed by atoms with Gasteiger partial charge in [0.15, 0.2) is 5.82 Å². The molecule has 0 spiro atoms. The lowest BCUT2D eigenvalue weighted by Gasteiger charge is -2.03. The van der Waals surface area contributed by atoms with Gasteiger partial charge in [0, 0.05) is 0 Å². The molecule has 0 amide bonds. The maximum absolute atomic E-state index is 5.81. The Morgan fingerprint density at radius 1 is 0.808 bits per heavy atom. The molecule has 0 radical (unpaired) electrons. The van der Waals surface area contributed by atoms with Crippen molar-refractivity contribution in [2.75, 3.05) is 6.61 Å². The number of aromatic nitrogens is 3. The van der Waals surface area contributed by atoms with Gasteiger partial charge in [-0.3, -0.25) is 0 Å². The first kappa shape index (κ1) is 14.8. The summed E-state index contributed by atoms with van der Waals surface area (Å²) >= 11 is 0. The van der Waals surface area contributed by atoms with Crippen LogP contribution in [0, 0.1) is 0 Å². The minimum atomic E-state index is 0.0165. The summed E-state index contributed by atoms with van der Waals surface area (Å²) in [5, 5.41) is 0. The second-order valence-electron chi connectivity index (χ2n) is 6.18. The minimum absolute atomic E-state index is 0.0165. The van der Waals surface area contributed by atoms with Gasteiger partial charge in [0.1, 0.15) is 24.0 Å². The molecule has 4 aromatic rings. The van der Waals surface area contributed by atoms with Crippen LogP contribution >= 0.6 is 0 Å². The standard InChI is InChI=1S/C21H16N4O/c1-2-7-14(8-3-1)19-13-26-21(25-19)18-12-6-11-17(22-18)20-23-15-9-4-5-10-16(15)24-20/h1-12,19H,13H2,(H,23,24)/t19-/m0/s1. The summed E-state index contributed by atoms with van der Waals surface area (Å²) in [6, 6.07) is 23.9. The smallest absolute Gasteiger partial charge is 0.236 e. The van der Waals surface area contributed by atoms with E-state index in [4.69, 9.17) is 14.7 Å². The van der Waals surface area contributed by atoms with Crippen LogP contribution in [0.1, 0.15) is 17.3 Å². The number of nitrogens with zero attached hydrogens (tertiary/aromatic N) is 3. The molecule has 5 rings (SSSR count). The molecule has 1 aliphatic rings. The number of H-pyrrole nitrogens is 1. The van der Waals surface area contributed by atoms with Crippen molar-refractivity contribution in [2.24, 2.45) is 4.99 Å². The molecule has 0 aliphatic carbocycles. The molecule has 1 N–H and O–H groups in total. The zero-order valence-corrected chi connectivity index (χ0v) is 14.0. The van der Waals surface area contributed by atoms with Crippen molar-refractivity contribution in [3.63, 3.8) is 0 Å². The number of benzene rings is 2. The van der Waals surface area contributed by atoms with E-state index in [1.54, 1.807) is 0 Å². The molecular weight excluding hydrogens is 324 g/mol. The summed E-state index contributed by atoms with van der Waals surface area (Å²) in [5.41, 5.74) is 4.56. The van der Waals surface area contributed by atoms with Crippen LogP contribution < -0.4 is 0 Å². The predicted octanol–water partition coefficient (Wildman–Crippen LogP) is 4.14. The van der Waals surface area contributed by atoms with Crippen molar-refractivity contribution in [1.82, 2.24) is 15.0 Å². The molecule has 2 aromatic heterocycles. The third kappa shape index (κ3) is 2.63. The van der Waals surface area contributed by atoms with Crippen LogP contribution in [0.2, 0.25) is 0 Å². The zero-order chi connectivity index (χ0) is 17.3. The van der Waals surface area contributed by atoms with Gasteiger partial charge in [0.25, 0.3) is 0 Å². The quantitative estimate of drug-likeness (QED) is 0.609. The SMILES string of the molecule is c1ccc([C@@H]2COC(c3cccc(-c4nc5ccccc5[nH]4)n3)=N2)cc1.